The summed E-state index contributed by atoms with van der Waals surface area (Å²) in [6, 6.07) is 9.55. The van der Waals surface area contributed by atoms with E-state index >= 15 is 0 Å². The van der Waals surface area contributed by atoms with Crippen molar-refractivity contribution in [3.63, 3.8) is 0 Å². The van der Waals surface area contributed by atoms with Gasteiger partial charge >= 0.3 is 0 Å². The van der Waals surface area contributed by atoms with Crippen LogP contribution in [0.15, 0.2) is 42.7 Å². The van der Waals surface area contributed by atoms with E-state index in [0.29, 0.717) is 11.5 Å². The van der Waals surface area contributed by atoms with E-state index in [4.69, 9.17) is 9.47 Å². The molecule has 0 saturated carbocycles. The van der Waals surface area contributed by atoms with Crippen LogP contribution in [0.25, 0.3) is 0 Å². The van der Waals surface area contributed by atoms with Crippen LogP contribution in [0.2, 0.25) is 0 Å². The minimum Gasteiger partial charge on any atom is -0.485 e. The van der Waals surface area contributed by atoms with Crippen molar-refractivity contribution < 1.29 is 14.3 Å². The third-order valence-electron chi connectivity index (χ3n) is 4.65. The molecule has 0 unspecified atom stereocenters. The van der Waals surface area contributed by atoms with Gasteiger partial charge in [0.2, 0.25) is 6.10 Å². The summed E-state index contributed by atoms with van der Waals surface area (Å²) < 4.78 is 13.5. The fourth-order valence-electron chi connectivity index (χ4n) is 3.43. The molecule has 6 heteroatoms. The van der Waals surface area contributed by atoms with E-state index in [1.807, 2.05) is 46.1 Å². The predicted octanol–water partition coefficient (Wildman–Crippen LogP) is 2.10. The third-order valence-corrected chi connectivity index (χ3v) is 4.65. The summed E-state index contributed by atoms with van der Waals surface area (Å²) in [7, 11) is 0. The van der Waals surface area contributed by atoms with Crippen LogP contribution in [-0.4, -0.2) is 45.9 Å². The molecule has 0 radical (unpaired) electrons. The first-order valence-corrected chi connectivity index (χ1v) is 8.47. The Kier molecular flexibility index (Phi) is 4.11. The van der Waals surface area contributed by atoms with Crippen LogP contribution in [-0.2, 0) is 11.3 Å². The topological polar surface area (TPSA) is 56.6 Å². The van der Waals surface area contributed by atoms with Crippen LogP contribution < -0.4 is 9.47 Å². The lowest BCUT2D eigenvalue weighted by Crippen LogP contribution is -2.53. The molecule has 1 aromatic heterocycles. The quantitative estimate of drug-likeness (QED) is 0.866. The zero-order chi connectivity index (χ0) is 16.4. The lowest BCUT2D eigenvalue weighted by molar-refractivity contribution is -0.145. The van der Waals surface area contributed by atoms with Crippen molar-refractivity contribution in [1.82, 2.24) is 14.7 Å². The number of carbonyl (C=O) groups excluding carboxylic acids is 1. The van der Waals surface area contributed by atoms with Crippen LogP contribution in [0.3, 0.4) is 0 Å². The van der Waals surface area contributed by atoms with Crippen molar-refractivity contribution in [3.8, 4) is 11.5 Å². The normalized spacial score (nSPS) is 23.1. The van der Waals surface area contributed by atoms with Crippen LogP contribution in [0, 0.1) is 0 Å². The lowest BCUT2D eigenvalue weighted by atomic mass is 10.0. The van der Waals surface area contributed by atoms with E-state index in [1.165, 1.54) is 0 Å². The van der Waals surface area contributed by atoms with E-state index in [0.717, 1.165) is 32.4 Å². The Labute approximate surface area is 141 Å². The maximum absolute atomic E-state index is 13.0. The fraction of sp³-hybridized carbons (Fsp3) is 0.444. The molecule has 0 bridgehead atoms. The van der Waals surface area contributed by atoms with Crippen molar-refractivity contribution in [2.75, 3.05) is 13.2 Å². The highest BCUT2D eigenvalue weighted by Gasteiger charge is 2.35. The van der Waals surface area contributed by atoms with E-state index in [-0.39, 0.29) is 18.6 Å². The van der Waals surface area contributed by atoms with Gasteiger partial charge in [0.25, 0.3) is 5.91 Å². The number of hydrogen-bond acceptors (Lipinski definition) is 4. The van der Waals surface area contributed by atoms with E-state index in [2.05, 4.69) is 5.10 Å². The van der Waals surface area contributed by atoms with Crippen molar-refractivity contribution in [3.05, 3.63) is 42.7 Å². The third kappa shape index (κ3) is 2.96. The number of piperidine rings is 1. The molecule has 0 aliphatic carbocycles. The Bertz CT molecular complexity index is 701. The summed E-state index contributed by atoms with van der Waals surface area (Å²) in [5, 5.41) is 4.27. The predicted molar refractivity (Wildman–Crippen MR) is 87.9 cm³/mol. The Morgan fingerprint density at radius 1 is 1.21 bits per heavy atom. The minimum absolute atomic E-state index is 0.0151. The highest BCUT2D eigenvalue weighted by atomic mass is 16.6. The van der Waals surface area contributed by atoms with Crippen molar-refractivity contribution >= 4 is 5.91 Å². The highest BCUT2D eigenvalue weighted by Crippen LogP contribution is 2.32. The van der Waals surface area contributed by atoms with Gasteiger partial charge in [-0.1, -0.05) is 12.1 Å². The smallest absolute Gasteiger partial charge is 0.267 e. The molecule has 2 atom stereocenters. The molecule has 24 heavy (non-hydrogen) atoms. The first-order valence-electron chi connectivity index (χ1n) is 8.47. The number of fused-ring (bicyclic) bond motifs is 1. The van der Waals surface area contributed by atoms with Crippen LogP contribution in [0.1, 0.15) is 19.3 Å². The first kappa shape index (κ1) is 15.1. The molecule has 2 aliphatic rings. The van der Waals surface area contributed by atoms with Gasteiger partial charge in [-0.2, -0.15) is 5.10 Å². The molecule has 1 fully saturated rings. The Morgan fingerprint density at radius 3 is 2.92 bits per heavy atom. The van der Waals surface area contributed by atoms with Gasteiger partial charge in [-0.3, -0.25) is 9.48 Å². The summed E-state index contributed by atoms with van der Waals surface area (Å²) >= 11 is 0. The SMILES string of the molecule is O=C([C@H]1COc2ccccc2O1)N1CCCC[C@@H]1Cn1cccn1. The van der Waals surface area contributed by atoms with Crippen molar-refractivity contribution in [2.24, 2.45) is 0 Å². The zero-order valence-electron chi connectivity index (χ0n) is 13.5. The number of aromatic nitrogens is 2. The average Bonchev–Trinajstić information content (AvgIpc) is 3.14. The number of likely N-dealkylation sites (tertiary alicyclic amines) is 1. The van der Waals surface area contributed by atoms with Crippen molar-refractivity contribution in [1.29, 1.82) is 0 Å². The molecule has 126 valence electrons. The number of hydrogen-bond donors (Lipinski definition) is 0. The first-order chi connectivity index (χ1) is 11.8. The summed E-state index contributed by atoms with van der Waals surface area (Å²) in [6.07, 6.45) is 6.30. The molecule has 2 aliphatic heterocycles. The molecular formula is C18H21N3O3. The Morgan fingerprint density at radius 2 is 2.08 bits per heavy atom. The second kappa shape index (κ2) is 6.55. The number of amides is 1. The summed E-state index contributed by atoms with van der Waals surface area (Å²) in [5.41, 5.74) is 0. The summed E-state index contributed by atoms with van der Waals surface area (Å²) in [4.78, 5) is 14.9. The maximum atomic E-state index is 13.0. The van der Waals surface area contributed by atoms with Crippen LogP contribution in [0.4, 0.5) is 0 Å². The number of benzene rings is 1. The molecule has 3 heterocycles. The van der Waals surface area contributed by atoms with Crippen LogP contribution in [0.5, 0.6) is 11.5 Å². The van der Waals surface area contributed by atoms with Crippen molar-refractivity contribution in [2.45, 2.75) is 38.0 Å². The molecule has 1 saturated heterocycles. The molecule has 1 amide bonds. The number of nitrogens with zero attached hydrogens (tertiary/aromatic N) is 3. The molecule has 1 aromatic carbocycles. The van der Waals surface area contributed by atoms with Crippen LogP contribution >= 0.6 is 0 Å². The summed E-state index contributed by atoms with van der Waals surface area (Å²) in [6.45, 7) is 1.76. The number of rotatable bonds is 3. The largest absolute Gasteiger partial charge is 0.485 e. The minimum atomic E-state index is -0.571. The van der Waals surface area contributed by atoms with Gasteiger partial charge in [0.05, 0.1) is 12.6 Å². The number of ether oxygens (including phenoxy) is 2. The second-order valence-corrected chi connectivity index (χ2v) is 6.27. The van der Waals surface area contributed by atoms with E-state index < -0.39 is 6.10 Å². The monoisotopic (exact) mass is 327 g/mol. The van der Waals surface area contributed by atoms with Gasteiger partial charge in [0.1, 0.15) is 6.61 Å². The fourth-order valence-corrected chi connectivity index (χ4v) is 3.43. The number of para-hydroxylation sites is 2. The van der Waals surface area contributed by atoms with Gasteiger partial charge in [-0.25, -0.2) is 0 Å². The maximum Gasteiger partial charge on any atom is 0.267 e. The standard InChI is InChI=1S/C18H21N3O3/c22-18(17-13-23-15-7-1-2-8-16(15)24-17)21-11-4-3-6-14(21)12-20-10-5-9-19-20/h1-2,5,7-10,14,17H,3-4,6,11-13H2/t14-,17-/m1/s1. The molecule has 0 spiro atoms. The van der Waals surface area contributed by atoms with Gasteiger partial charge in [-0.15, -0.1) is 0 Å². The second-order valence-electron chi connectivity index (χ2n) is 6.27. The average molecular weight is 327 g/mol. The van der Waals surface area contributed by atoms with Gasteiger partial charge in [-0.05, 0) is 37.5 Å². The number of carbonyl (C=O) groups is 1. The molecule has 0 N–H and O–H groups in total. The molecule has 4 rings (SSSR count). The molecule has 6 nitrogen and oxygen atoms in total. The lowest BCUT2D eigenvalue weighted by Gasteiger charge is -2.38. The van der Waals surface area contributed by atoms with Gasteiger partial charge in [0.15, 0.2) is 11.5 Å². The zero-order valence-corrected chi connectivity index (χ0v) is 13.5. The Hall–Kier alpha value is -2.50. The Balaban J connectivity index is 1.48. The van der Waals surface area contributed by atoms with E-state index in [1.54, 1.807) is 6.20 Å². The van der Waals surface area contributed by atoms with E-state index in [9.17, 15) is 4.79 Å². The molecule has 2 aromatic rings. The van der Waals surface area contributed by atoms with Gasteiger partial charge in [0, 0.05) is 18.9 Å². The molecular weight excluding hydrogens is 306 g/mol. The highest BCUT2D eigenvalue weighted by molar-refractivity contribution is 5.82. The van der Waals surface area contributed by atoms with Gasteiger partial charge < -0.3 is 14.4 Å². The summed E-state index contributed by atoms with van der Waals surface area (Å²) in [5.74, 6) is 1.36.